The number of ether oxygens (including phenoxy) is 2. The standard InChI is InChI=1S/C19H28N4O3.HI/c1-5-20-19(22-13-18-23-14(2)15(3)26-18)21-10-7-11-25-17-9-6-8-16(12-17)24-4;/h6,8-9,12H,5,7,10-11,13H2,1-4H3,(H2,20,21,22);1H. The van der Waals surface area contributed by atoms with Crippen LogP contribution in [0.1, 0.15) is 30.7 Å². The molecule has 8 heteroatoms. The number of nitrogens with one attached hydrogen (secondary N) is 2. The fourth-order valence-electron chi connectivity index (χ4n) is 2.26. The SMILES string of the molecule is CCNC(=NCc1nc(C)c(C)o1)NCCCOc1cccc(OC)c1.I. The van der Waals surface area contributed by atoms with Gasteiger partial charge in [-0.25, -0.2) is 9.98 Å². The fourth-order valence-corrected chi connectivity index (χ4v) is 2.26. The molecule has 0 fully saturated rings. The number of aromatic nitrogens is 1. The number of aliphatic imine (C=N–C) groups is 1. The molecule has 0 aliphatic rings. The number of hydrogen-bond acceptors (Lipinski definition) is 5. The number of oxazole rings is 1. The van der Waals surface area contributed by atoms with Crippen LogP contribution in [0.15, 0.2) is 33.7 Å². The number of rotatable bonds is 9. The lowest BCUT2D eigenvalue weighted by molar-refractivity contribution is 0.308. The topological polar surface area (TPSA) is 80.9 Å². The maximum atomic E-state index is 5.73. The maximum Gasteiger partial charge on any atom is 0.216 e. The van der Waals surface area contributed by atoms with Gasteiger partial charge in [0.2, 0.25) is 5.89 Å². The summed E-state index contributed by atoms with van der Waals surface area (Å²) < 4.78 is 16.5. The van der Waals surface area contributed by atoms with Gasteiger partial charge in [0.25, 0.3) is 0 Å². The highest BCUT2D eigenvalue weighted by molar-refractivity contribution is 14.0. The first-order chi connectivity index (χ1) is 12.6. The summed E-state index contributed by atoms with van der Waals surface area (Å²) in [5.74, 6) is 3.79. The zero-order valence-electron chi connectivity index (χ0n) is 16.4. The molecule has 0 spiro atoms. The van der Waals surface area contributed by atoms with E-state index in [-0.39, 0.29) is 24.0 Å². The highest BCUT2D eigenvalue weighted by atomic mass is 127. The summed E-state index contributed by atoms with van der Waals surface area (Å²) in [5.41, 5.74) is 0.905. The third-order valence-corrected chi connectivity index (χ3v) is 3.71. The van der Waals surface area contributed by atoms with Gasteiger partial charge in [0, 0.05) is 19.2 Å². The number of hydrogen-bond donors (Lipinski definition) is 2. The predicted octanol–water partition coefficient (Wildman–Crippen LogP) is 3.44. The second-order valence-corrected chi connectivity index (χ2v) is 5.75. The second kappa shape index (κ2) is 12.4. The van der Waals surface area contributed by atoms with Crippen LogP contribution in [-0.2, 0) is 6.54 Å². The molecule has 150 valence electrons. The van der Waals surface area contributed by atoms with E-state index in [1.165, 1.54) is 0 Å². The summed E-state index contributed by atoms with van der Waals surface area (Å²) in [7, 11) is 1.64. The Labute approximate surface area is 178 Å². The van der Waals surface area contributed by atoms with Crippen LogP contribution >= 0.6 is 24.0 Å². The van der Waals surface area contributed by atoms with Crippen molar-refractivity contribution in [3.8, 4) is 11.5 Å². The van der Waals surface area contributed by atoms with Crippen molar-refractivity contribution in [3.05, 3.63) is 41.6 Å². The zero-order chi connectivity index (χ0) is 18.8. The molecule has 2 N–H and O–H groups in total. The molecular formula is C19H29IN4O3. The van der Waals surface area contributed by atoms with E-state index in [1.807, 2.05) is 45.0 Å². The molecule has 0 saturated heterocycles. The van der Waals surface area contributed by atoms with Crippen molar-refractivity contribution in [2.75, 3.05) is 26.8 Å². The van der Waals surface area contributed by atoms with Gasteiger partial charge in [-0.1, -0.05) is 6.07 Å². The number of halogens is 1. The third kappa shape index (κ3) is 8.06. The summed E-state index contributed by atoms with van der Waals surface area (Å²) in [6.45, 7) is 8.42. The van der Waals surface area contributed by atoms with Crippen LogP contribution in [-0.4, -0.2) is 37.7 Å². The molecule has 0 atom stereocenters. The van der Waals surface area contributed by atoms with Crippen molar-refractivity contribution >= 4 is 29.9 Å². The number of benzene rings is 1. The number of aryl methyl sites for hydroxylation is 2. The van der Waals surface area contributed by atoms with Crippen molar-refractivity contribution in [1.29, 1.82) is 0 Å². The largest absolute Gasteiger partial charge is 0.497 e. The van der Waals surface area contributed by atoms with Gasteiger partial charge in [0.15, 0.2) is 5.96 Å². The highest BCUT2D eigenvalue weighted by Crippen LogP contribution is 2.18. The lowest BCUT2D eigenvalue weighted by Crippen LogP contribution is -2.38. The second-order valence-electron chi connectivity index (χ2n) is 5.75. The van der Waals surface area contributed by atoms with Gasteiger partial charge in [0.05, 0.1) is 19.4 Å². The Morgan fingerprint density at radius 2 is 2.00 bits per heavy atom. The summed E-state index contributed by atoms with van der Waals surface area (Å²) in [6, 6.07) is 7.60. The molecule has 0 amide bonds. The number of guanidine groups is 1. The van der Waals surface area contributed by atoms with E-state index in [0.29, 0.717) is 19.0 Å². The summed E-state index contributed by atoms with van der Waals surface area (Å²) in [5, 5.41) is 6.50. The van der Waals surface area contributed by atoms with Crippen molar-refractivity contribution in [2.45, 2.75) is 33.7 Å². The number of nitrogens with zero attached hydrogens (tertiary/aromatic N) is 2. The molecule has 2 rings (SSSR count). The van der Waals surface area contributed by atoms with E-state index in [4.69, 9.17) is 13.9 Å². The van der Waals surface area contributed by atoms with Crippen molar-refractivity contribution in [1.82, 2.24) is 15.6 Å². The normalized spacial score (nSPS) is 10.9. The van der Waals surface area contributed by atoms with Crippen LogP contribution in [0.25, 0.3) is 0 Å². The van der Waals surface area contributed by atoms with E-state index in [9.17, 15) is 0 Å². The molecule has 0 unspecified atom stereocenters. The molecule has 0 aliphatic heterocycles. The lowest BCUT2D eigenvalue weighted by Gasteiger charge is -2.11. The third-order valence-electron chi connectivity index (χ3n) is 3.71. The van der Waals surface area contributed by atoms with Crippen molar-refractivity contribution in [3.63, 3.8) is 0 Å². The minimum absolute atomic E-state index is 0. The fraction of sp³-hybridized carbons (Fsp3) is 0.474. The monoisotopic (exact) mass is 488 g/mol. The molecule has 1 aromatic heterocycles. The van der Waals surface area contributed by atoms with Gasteiger partial charge in [-0.05, 0) is 39.3 Å². The molecule has 0 radical (unpaired) electrons. The summed E-state index contributed by atoms with van der Waals surface area (Å²) in [4.78, 5) is 8.84. The van der Waals surface area contributed by atoms with E-state index >= 15 is 0 Å². The minimum atomic E-state index is 0. The van der Waals surface area contributed by atoms with Gasteiger partial charge in [0.1, 0.15) is 23.8 Å². The molecule has 0 bridgehead atoms. The Hall–Kier alpha value is -1.97. The average Bonchev–Trinajstić information content (AvgIpc) is 2.97. The van der Waals surface area contributed by atoms with Crippen LogP contribution in [0.4, 0.5) is 0 Å². The predicted molar refractivity (Wildman–Crippen MR) is 117 cm³/mol. The first-order valence-electron chi connectivity index (χ1n) is 8.84. The van der Waals surface area contributed by atoms with Gasteiger partial charge in [-0.15, -0.1) is 24.0 Å². The van der Waals surface area contributed by atoms with E-state index in [1.54, 1.807) is 7.11 Å². The first kappa shape index (κ1) is 23.1. The Balaban J connectivity index is 0.00000364. The van der Waals surface area contributed by atoms with Gasteiger partial charge < -0.3 is 24.5 Å². The first-order valence-corrected chi connectivity index (χ1v) is 8.84. The Bertz CT molecular complexity index is 699. The van der Waals surface area contributed by atoms with E-state index in [0.717, 1.165) is 48.4 Å². The van der Waals surface area contributed by atoms with Crippen molar-refractivity contribution < 1.29 is 13.9 Å². The quantitative estimate of drug-likeness (QED) is 0.244. The van der Waals surface area contributed by atoms with E-state index < -0.39 is 0 Å². The maximum absolute atomic E-state index is 5.73. The molecule has 2 aromatic rings. The van der Waals surface area contributed by atoms with E-state index in [2.05, 4.69) is 20.6 Å². The summed E-state index contributed by atoms with van der Waals surface area (Å²) >= 11 is 0. The smallest absolute Gasteiger partial charge is 0.216 e. The van der Waals surface area contributed by atoms with Crippen LogP contribution in [0, 0.1) is 13.8 Å². The minimum Gasteiger partial charge on any atom is -0.497 e. The Morgan fingerprint density at radius 3 is 2.67 bits per heavy atom. The molecule has 1 aromatic carbocycles. The lowest BCUT2D eigenvalue weighted by atomic mass is 10.3. The molecule has 27 heavy (non-hydrogen) atoms. The van der Waals surface area contributed by atoms with Gasteiger partial charge in [-0.2, -0.15) is 0 Å². The van der Waals surface area contributed by atoms with Crippen molar-refractivity contribution in [2.24, 2.45) is 4.99 Å². The Kier molecular flexibility index (Phi) is 10.6. The van der Waals surface area contributed by atoms with Gasteiger partial charge >= 0.3 is 0 Å². The van der Waals surface area contributed by atoms with Crippen LogP contribution in [0.2, 0.25) is 0 Å². The van der Waals surface area contributed by atoms with Crippen LogP contribution in [0.5, 0.6) is 11.5 Å². The van der Waals surface area contributed by atoms with Gasteiger partial charge in [-0.3, -0.25) is 0 Å². The molecular weight excluding hydrogens is 459 g/mol. The highest BCUT2D eigenvalue weighted by Gasteiger charge is 2.05. The Morgan fingerprint density at radius 1 is 1.22 bits per heavy atom. The average molecular weight is 488 g/mol. The zero-order valence-corrected chi connectivity index (χ0v) is 18.7. The molecule has 7 nitrogen and oxygen atoms in total. The van der Waals surface area contributed by atoms with Crippen LogP contribution < -0.4 is 20.1 Å². The molecule has 1 heterocycles. The summed E-state index contributed by atoms with van der Waals surface area (Å²) in [6.07, 6.45) is 0.846. The molecule has 0 aliphatic carbocycles. The molecule has 0 saturated carbocycles. The van der Waals surface area contributed by atoms with Crippen LogP contribution in [0.3, 0.4) is 0 Å². The number of methoxy groups -OCH3 is 1.